The highest BCUT2D eigenvalue weighted by Crippen LogP contribution is 2.31. The van der Waals surface area contributed by atoms with Gasteiger partial charge >= 0.3 is 0 Å². The minimum atomic E-state index is 0.231. The summed E-state index contributed by atoms with van der Waals surface area (Å²) in [7, 11) is 0. The first-order valence-corrected chi connectivity index (χ1v) is 7.22. The Labute approximate surface area is 110 Å². The molecule has 3 heterocycles. The quantitative estimate of drug-likeness (QED) is 0.865. The Balaban J connectivity index is 1.51. The van der Waals surface area contributed by atoms with Crippen molar-refractivity contribution in [1.29, 1.82) is 0 Å². The number of thioether (sulfide) groups is 1. The van der Waals surface area contributed by atoms with Crippen molar-refractivity contribution in [3.8, 4) is 0 Å². The van der Waals surface area contributed by atoms with Gasteiger partial charge in [0.25, 0.3) is 0 Å². The molecule has 1 aromatic heterocycles. The zero-order valence-corrected chi connectivity index (χ0v) is 11.0. The summed E-state index contributed by atoms with van der Waals surface area (Å²) in [6.07, 6.45) is 5.71. The lowest BCUT2D eigenvalue weighted by atomic mass is 9.93. The first-order valence-electron chi connectivity index (χ1n) is 6.24. The van der Waals surface area contributed by atoms with Gasteiger partial charge in [0.1, 0.15) is 0 Å². The second kappa shape index (κ2) is 5.27. The molecule has 0 saturated carbocycles. The number of amidine groups is 1. The molecule has 3 rings (SSSR count). The average molecular weight is 267 g/mol. The van der Waals surface area contributed by atoms with Crippen molar-refractivity contribution >= 4 is 16.9 Å². The van der Waals surface area contributed by atoms with E-state index in [0.717, 1.165) is 50.1 Å². The molecule has 1 aromatic rings. The van der Waals surface area contributed by atoms with E-state index in [2.05, 4.69) is 20.6 Å². The van der Waals surface area contributed by atoms with Gasteiger partial charge in [-0.1, -0.05) is 17.0 Å². The average Bonchev–Trinajstić information content (AvgIpc) is 3.02. The van der Waals surface area contributed by atoms with Crippen molar-refractivity contribution in [2.24, 2.45) is 4.99 Å². The van der Waals surface area contributed by atoms with Crippen molar-refractivity contribution < 1.29 is 4.74 Å². The Morgan fingerprint density at radius 2 is 2.39 bits per heavy atom. The molecule has 18 heavy (non-hydrogen) atoms. The molecule has 2 saturated heterocycles. The van der Waals surface area contributed by atoms with Crippen molar-refractivity contribution in [2.75, 3.05) is 25.5 Å². The van der Waals surface area contributed by atoms with E-state index in [0.29, 0.717) is 0 Å². The smallest absolute Gasteiger partial charge is 0.157 e. The van der Waals surface area contributed by atoms with Crippen molar-refractivity contribution in [2.45, 2.75) is 24.9 Å². The molecule has 0 atom stereocenters. The lowest BCUT2D eigenvalue weighted by Gasteiger charge is -2.32. The topological polar surface area (TPSA) is 64.3 Å². The fraction of sp³-hybridized carbons (Fsp3) is 0.727. The van der Waals surface area contributed by atoms with Gasteiger partial charge in [-0.25, -0.2) is 0 Å². The minimum absolute atomic E-state index is 0.231. The molecule has 0 aliphatic carbocycles. The molecule has 2 aliphatic rings. The van der Waals surface area contributed by atoms with Gasteiger partial charge in [0.05, 0.1) is 24.8 Å². The third kappa shape index (κ3) is 2.67. The number of aliphatic imine (C=N–C) groups is 1. The van der Waals surface area contributed by atoms with Crippen LogP contribution in [0.2, 0.25) is 0 Å². The van der Waals surface area contributed by atoms with Crippen molar-refractivity contribution in [1.82, 2.24) is 20.3 Å². The molecule has 0 unspecified atom stereocenters. The van der Waals surface area contributed by atoms with Crippen LogP contribution >= 0.6 is 11.8 Å². The summed E-state index contributed by atoms with van der Waals surface area (Å²) in [5, 5.41) is 12.3. The molecule has 0 amide bonds. The van der Waals surface area contributed by atoms with Crippen LogP contribution in [0.3, 0.4) is 0 Å². The molecule has 7 heteroatoms. The monoisotopic (exact) mass is 267 g/mol. The number of hydrogen-bond acceptors (Lipinski definition) is 5. The van der Waals surface area contributed by atoms with E-state index >= 15 is 0 Å². The maximum atomic E-state index is 5.41. The van der Waals surface area contributed by atoms with Gasteiger partial charge in [-0.15, -0.1) is 5.10 Å². The third-order valence-corrected chi connectivity index (χ3v) is 4.57. The normalized spacial score (nSPS) is 24.6. The van der Waals surface area contributed by atoms with E-state index in [4.69, 9.17) is 4.74 Å². The second-order valence-electron chi connectivity index (χ2n) is 4.66. The first kappa shape index (κ1) is 12.0. The third-order valence-electron chi connectivity index (χ3n) is 3.36. The van der Waals surface area contributed by atoms with Crippen LogP contribution in [0.15, 0.2) is 17.4 Å². The van der Waals surface area contributed by atoms with E-state index in [9.17, 15) is 0 Å². The van der Waals surface area contributed by atoms with Crippen LogP contribution in [0.4, 0.5) is 0 Å². The van der Waals surface area contributed by atoms with Crippen LogP contribution in [0.25, 0.3) is 0 Å². The zero-order valence-electron chi connectivity index (χ0n) is 10.2. The van der Waals surface area contributed by atoms with Gasteiger partial charge in [-0.3, -0.25) is 9.67 Å². The highest BCUT2D eigenvalue weighted by atomic mass is 32.2. The van der Waals surface area contributed by atoms with Gasteiger partial charge in [-0.2, -0.15) is 0 Å². The number of nitrogens with one attached hydrogen (secondary N) is 1. The molecule has 98 valence electrons. The predicted molar refractivity (Wildman–Crippen MR) is 70.7 cm³/mol. The molecule has 0 radical (unpaired) electrons. The molecule has 2 aliphatic heterocycles. The fourth-order valence-electron chi connectivity index (χ4n) is 2.23. The standard InChI is InChI=1S/C11H17N5OS/c1-7-17-8-2-11(1)9-18-10(14-11)12-3-5-16-6-4-13-15-16/h4,6H,1-3,5,7-9H2,(H,12,14). The van der Waals surface area contributed by atoms with Crippen LogP contribution in [0.5, 0.6) is 0 Å². The number of ether oxygens (including phenoxy) is 1. The minimum Gasteiger partial charge on any atom is -0.381 e. The van der Waals surface area contributed by atoms with Crippen LogP contribution in [-0.2, 0) is 11.3 Å². The van der Waals surface area contributed by atoms with Crippen LogP contribution in [-0.4, -0.2) is 51.2 Å². The maximum Gasteiger partial charge on any atom is 0.157 e. The highest BCUT2D eigenvalue weighted by Gasteiger charge is 2.38. The Bertz CT molecular complexity index is 413. The van der Waals surface area contributed by atoms with E-state index < -0.39 is 0 Å². The number of hydrogen-bond donors (Lipinski definition) is 1. The van der Waals surface area contributed by atoms with Crippen molar-refractivity contribution in [3.63, 3.8) is 0 Å². The summed E-state index contributed by atoms with van der Waals surface area (Å²) in [4.78, 5) is 4.59. The Morgan fingerprint density at radius 1 is 1.50 bits per heavy atom. The Kier molecular flexibility index (Phi) is 3.51. The largest absolute Gasteiger partial charge is 0.381 e. The summed E-state index contributed by atoms with van der Waals surface area (Å²) in [5.41, 5.74) is 0.231. The second-order valence-corrected chi connectivity index (χ2v) is 5.62. The first-order chi connectivity index (χ1) is 8.86. The Morgan fingerprint density at radius 3 is 3.17 bits per heavy atom. The molecule has 0 bridgehead atoms. The molecule has 1 spiro atoms. The fourth-order valence-corrected chi connectivity index (χ4v) is 3.47. The molecule has 6 nitrogen and oxygen atoms in total. The van der Waals surface area contributed by atoms with Crippen molar-refractivity contribution in [3.05, 3.63) is 12.4 Å². The maximum absolute atomic E-state index is 5.41. The lowest BCUT2D eigenvalue weighted by molar-refractivity contribution is 0.0555. The number of aromatic nitrogens is 3. The zero-order chi connectivity index (χ0) is 12.3. The summed E-state index contributed by atoms with van der Waals surface area (Å²) in [6, 6.07) is 0. The van der Waals surface area contributed by atoms with E-state index in [1.165, 1.54) is 0 Å². The van der Waals surface area contributed by atoms with E-state index in [1.807, 2.05) is 18.0 Å². The summed E-state index contributed by atoms with van der Waals surface area (Å²) >= 11 is 1.82. The van der Waals surface area contributed by atoms with Crippen LogP contribution in [0, 0.1) is 0 Å². The summed E-state index contributed by atoms with van der Waals surface area (Å²) in [6.45, 7) is 3.24. The van der Waals surface area contributed by atoms with Crippen LogP contribution in [0.1, 0.15) is 12.8 Å². The number of rotatable bonds is 3. The molecule has 1 N–H and O–H groups in total. The molecular weight excluding hydrogens is 250 g/mol. The van der Waals surface area contributed by atoms with E-state index in [-0.39, 0.29) is 5.54 Å². The van der Waals surface area contributed by atoms with E-state index in [1.54, 1.807) is 10.9 Å². The molecular formula is C11H17N5OS. The molecule has 2 fully saturated rings. The van der Waals surface area contributed by atoms with Gasteiger partial charge in [0, 0.05) is 25.2 Å². The lowest BCUT2D eigenvalue weighted by Crippen LogP contribution is -2.48. The van der Waals surface area contributed by atoms with Gasteiger partial charge in [0.2, 0.25) is 0 Å². The SMILES string of the molecule is c1cn(CCN=C2NC3(CCOCC3)CS2)nn1. The summed E-state index contributed by atoms with van der Waals surface area (Å²) in [5.74, 6) is 1.11. The highest BCUT2D eigenvalue weighted by molar-refractivity contribution is 8.14. The van der Waals surface area contributed by atoms with Crippen LogP contribution < -0.4 is 5.32 Å². The summed E-state index contributed by atoms with van der Waals surface area (Å²) < 4.78 is 7.21. The van der Waals surface area contributed by atoms with Gasteiger partial charge in [-0.05, 0) is 12.8 Å². The van der Waals surface area contributed by atoms with Gasteiger partial charge in [0.15, 0.2) is 5.17 Å². The number of nitrogens with zero attached hydrogens (tertiary/aromatic N) is 4. The van der Waals surface area contributed by atoms with Gasteiger partial charge < -0.3 is 10.1 Å². The predicted octanol–water partition coefficient (Wildman–Crippen LogP) is 0.520. The Hall–Kier alpha value is -1.08. The molecule has 0 aromatic carbocycles.